The summed E-state index contributed by atoms with van der Waals surface area (Å²) < 4.78 is 65.6. The van der Waals surface area contributed by atoms with Gasteiger partial charge in [-0.3, -0.25) is 0 Å². The lowest BCUT2D eigenvalue weighted by atomic mass is 9.95. The number of nitrogens with zero attached hydrogens (tertiary/aromatic N) is 2. The largest absolute Gasteiger partial charge is 0.416 e. The van der Waals surface area contributed by atoms with Gasteiger partial charge in [-0.15, -0.1) is 0 Å². The SMILES string of the molecule is O=S(=O)(c1cccc(C(F)(F)F)c1)N1CCN(C(=S)NC2CC3CCC2C3)CC1. The summed E-state index contributed by atoms with van der Waals surface area (Å²) in [6.45, 7) is 1.23. The van der Waals surface area contributed by atoms with Crippen LogP contribution in [0, 0.1) is 11.8 Å². The van der Waals surface area contributed by atoms with Crippen LogP contribution in [0.1, 0.15) is 31.2 Å². The van der Waals surface area contributed by atoms with Crippen LogP contribution in [0.4, 0.5) is 13.2 Å². The fourth-order valence-electron chi connectivity index (χ4n) is 4.78. The Kier molecular flexibility index (Phi) is 5.54. The predicted molar refractivity (Wildman–Crippen MR) is 107 cm³/mol. The lowest BCUT2D eigenvalue weighted by molar-refractivity contribution is -0.137. The zero-order valence-electron chi connectivity index (χ0n) is 15.9. The molecule has 1 aromatic rings. The summed E-state index contributed by atoms with van der Waals surface area (Å²) in [5, 5.41) is 4.11. The Morgan fingerprint density at radius 1 is 1.10 bits per heavy atom. The Bertz CT molecular complexity index is 883. The molecule has 1 aromatic carbocycles. The molecule has 1 saturated heterocycles. The Labute approximate surface area is 174 Å². The molecule has 3 aliphatic rings. The van der Waals surface area contributed by atoms with E-state index in [0.29, 0.717) is 36.2 Å². The van der Waals surface area contributed by atoms with Crippen LogP contribution in [0.15, 0.2) is 29.2 Å². The molecular formula is C19H24F3N3O2S2. The maximum Gasteiger partial charge on any atom is 0.416 e. The Morgan fingerprint density at radius 3 is 2.41 bits per heavy atom. The third-order valence-corrected chi connectivity index (χ3v) is 8.64. The third kappa shape index (κ3) is 4.25. The topological polar surface area (TPSA) is 52.7 Å². The zero-order valence-corrected chi connectivity index (χ0v) is 17.5. The monoisotopic (exact) mass is 447 g/mol. The number of fused-ring (bicyclic) bond motifs is 2. The van der Waals surface area contributed by atoms with Crippen LogP contribution in [-0.4, -0.2) is 55.0 Å². The van der Waals surface area contributed by atoms with Gasteiger partial charge >= 0.3 is 6.18 Å². The number of hydrogen-bond acceptors (Lipinski definition) is 3. The molecule has 3 unspecified atom stereocenters. The summed E-state index contributed by atoms with van der Waals surface area (Å²) in [6, 6.07) is 4.31. The number of sulfonamides is 1. The molecule has 3 fully saturated rings. The molecule has 0 aromatic heterocycles. The van der Waals surface area contributed by atoms with E-state index in [9.17, 15) is 21.6 Å². The summed E-state index contributed by atoms with van der Waals surface area (Å²) in [5.74, 6) is 1.48. The Hall–Kier alpha value is -1.39. The zero-order chi connectivity index (χ0) is 20.8. The van der Waals surface area contributed by atoms with Crippen molar-refractivity contribution >= 4 is 27.4 Å². The minimum Gasteiger partial charge on any atom is -0.360 e. The van der Waals surface area contributed by atoms with Crippen LogP contribution in [0.5, 0.6) is 0 Å². The van der Waals surface area contributed by atoms with Crippen LogP contribution in [0.2, 0.25) is 0 Å². The van der Waals surface area contributed by atoms with E-state index in [2.05, 4.69) is 5.32 Å². The second-order valence-electron chi connectivity index (χ2n) is 8.15. The molecule has 2 aliphatic carbocycles. The van der Waals surface area contributed by atoms with Crippen molar-refractivity contribution in [3.05, 3.63) is 29.8 Å². The van der Waals surface area contributed by atoms with Crippen molar-refractivity contribution in [3.8, 4) is 0 Å². The molecule has 2 bridgehead atoms. The summed E-state index contributed by atoms with van der Waals surface area (Å²) >= 11 is 5.53. The van der Waals surface area contributed by atoms with E-state index in [1.54, 1.807) is 0 Å². The van der Waals surface area contributed by atoms with Gasteiger partial charge in [0, 0.05) is 32.2 Å². The van der Waals surface area contributed by atoms with Crippen LogP contribution in [-0.2, 0) is 16.2 Å². The van der Waals surface area contributed by atoms with Crippen molar-refractivity contribution < 1.29 is 21.6 Å². The maximum atomic E-state index is 12.9. The maximum absolute atomic E-state index is 12.9. The number of hydrogen-bond donors (Lipinski definition) is 1. The van der Waals surface area contributed by atoms with Gasteiger partial charge in [0.05, 0.1) is 10.5 Å². The second kappa shape index (κ2) is 7.70. The average Bonchev–Trinajstić information content (AvgIpc) is 3.30. The first kappa shape index (κ1) is 20.9. The summed E-state index contributed by atoms with van der Waals surface area (Å²) in [7, 11) is -3.98. The number of nitrogens with one attached hydrogen (secondary N) is 1. The highest BCUT2D eigenvalue weighted by Crippen LogP contribution is 2.44. The molecule has 0 spiro atoms. The van der Waals surface area contributed by atoms with Gasteiger partial charge < -0.3 is 10.2 Å². The molecule has 4 rings (SSSR count). The van der Waals surface area contributed by atoms with E-state index in [0.717, 1.165) is 24.5 Å². The molecular weight excluding hydrogens is 423 g/mol. The van der Waals surface area contributed by atoms with E-state index >= 15 is 0 Å². The molecule has 2 saturated carbocycles. The van der Waals surface area contributed by atoms with Gasteiger partial charge in [0.2, 0.25) is 10.0 Å². The quantitative estimate of drug-likeness (QED) is 0.722. The number of rotatable bonds is 3. The number of benzene rings is 1. The van der Waals surface area contributed by atoms with Crippen LogP contribution in [0.25, 0.3) is 0 Å². The van der Waals surface area contributed by atoms with E-state index in [1.807, 2.05) is 4.90 Å². The molecule has 1 aliphatic heterocycles. The predicted octanol–water partition coefficient (Wildman–Crippen LogP) is 3.07. The van der Waals surface area contributed by atoms with Gasteiger partial charge in [-0.25, -0.2) is 8.42 Å². The lowest BCUT2D eigenvalue weighted by Crippen LogP contribution is -2.54. The Balaban J connectivity index is 1.37. The van der Waals surface area contributed by atoms with Crippen LogP contribution >= 0.6 is 12.2 Å². The molecule has 1 N–H and O–H groups in total. The molecule has 0 radical (unpaired) electrons. The number of alkyl halides is 3. The number of thiocarbonyl (C=S) groups is 1. The molecule has 3 atom stereocenters. The summed E-state index contributed by atoms with van der Waals surface area (Å²) in [4.78, 5) is 1.63. The first-order valence-electron chi connectivity index (χ1n) is 9.87. The second-order valence-corrected chi connectivity index (χ2v) is 10.5. The smallest absolute Gasteiger partial charge is 0.360 e. The minimum atomic E-state index is -4.58. The van der Waals surface area contributed by atoms with Gasteiger partial charge in [0.25, 0.3) is 0 Å². The van der Waals surface area contributed by atoms with Crippen molar-refractivity contribution in [2.24, 2.45) is 11.8 Å². The van der Waals surface area contributed by atoms with E-state index < -0.39 is 21.8 Å². The van der Waals surface area contributed by atoms with E-state index in [1.165, 1.54) is 29.6 Å². The van der Waals surface area contributed by atoms with Crippen molar-refractivity contribution in [1.82, 2.24) is 14.5 Å². The fraction of sp³-hybridized carbons (Fsp3) is 0.632. The van der Waals surface area contributed by atoms with Crippen molar-refractivity contribution in [3.63, 3.8) is 0 Å². The van der Waals surface area contributed by atoms with Crippen LogP contribution < -0.4 is 5.32 Å². The van der Waals surface area contributed by atoms with Crippen molar-refractivity contribution in [1.29, 1.82) is 0 Å². The molecule has 160 valence electrons. The van der Waals surface area contributed by atoms with E-state index in [4.69, 9.17) is 12.2 Å². The number of halogens is 3. The van der Waals surface area contributed by atoms with Crippen molar-refractivity contribution in [2.75, 3.05) is 26.2 Å². The van der Waals surface area contributed by atoms with Gasteiger partial charge in [-0.1, -0.05) is 12.5 Å². The highest BCUT2D eigenvalue weighted by molar-refractivity contribution is 7.89. The first-order valence-corrected chi connectivity index (χ1v) is 11.7. The number of piperazine rings is 1. The molecule has 0 amide bonds. The van der Waals surface area contributed by atoms with Crippen LogP contribution in [0.3, 0.4) is 0 Å². The standard InChI is InChI=1S/C19H24F3N3O2S2/c20-19(21,22)15-2-1-3-16(12-15)29(26,27)25-8-6-24(7-9-25)18(28)23-17-11-13-4-5-14(17)10-13/h1-3,12-14,17H,4-11H2,(H,23,28). The van der Waals surface area contributed by atoms with E-state index in [-0.39, 0.29) is 18.0 Å². The Morgan fingerprint density at radius 2 is 1.83 bits per heavy atom. The molecule has 10 heteroatoms. The van der Waals surface area contributed by atoms with Gasteiger partial charge in [0.1, 0.15) is 0 Å². The minimum absolute atomic E-state index is 0.192. The lowest BCUT2D eigenvalue weighted by Gasteiger charge is -2.37. The normalized spacial score (nSPS) is 28.0. The van der Waals surface area contributed by atoms with Gasteiger partial charge in [-0.2, -0.15) is 17.5 Å². The first-order chi connectivity index (χ1) is 13.6. The highest BCUT2D eigenvalue weighted by atomic mass is 32.2. The van der Waals surface area contributed by atoms with Gasteiger partial charge in [0.15, 0.2) is 5.11 Å². The van der Waals surface area contributed by atoms with Crippen molar-refractivity contribution in [2.45, 2.75) is 42.8 Å². The summed E-state index contributed by atoms with van der Waals surface area (Å²) in [5.41, 5.74) is -0.964. The average molecular weight is 448 g/mol. The molecule has 29 heavy (non-hydrogen) atoms. The fourth-order valence-corrected chi connectivity index (χ4v) is 6.59. The summed E-state index contributed by atoms with van der Waals surface area (Å²) in [6.07, 6.45) is 0.384. The molecule has 1 heterocycles. The van der Waals surface area contributed by atoms with Gasteiger partial charge in [-0.05, 0) is 61.5 Å². The molecule has 5 nitrogen and oxygen atoms in total. The third-order valence-electron chi connectivity index (χ3n) is 6.37. The highest BCUT2D eigenvalue weighted by Gasteiger charge is 2.40.